The molecule has 1 unspecified atom stereocenters. The standard InChI is InChI=1S/C23H23Cl2NO5/c1-13(2)31-10-9-26-20(14-5-4-6-16(11-14)30-3)19(22(28)23(26)29)21(27)15-7-8-17(24)18(25)12-15/h4-8,11-13,20,27H,9-10H2,1-3H3/b21-19-. The molecule has 1 N–H and O–H groups in total. The zero-order valence-electron chi connectivity index (χ0n) is 17.4. The number of hydrogen-bond donors (Lipinski definition) is 1. The minimum atomic E-state index is -0.805. The molecular weight excluding hydrogens is 441 g/mol. The van der Waals surface area contributed by atoms with Crippen LogP contribution in [0.25, 0.3) is 5.76 Å². The Hall–Kier alpha value is -2.54. The van der Waals surface area contributed by atoms with Crippen molar-refractivity contribution in [2.24, 2.45) is 0 Å². The fourth-order valence-corrected chi connectivity index (χ4v) is 3.75. The van der Waals surface area contributed by atoms with Gasteiger partial charge < -0.3 is 19.5 Å². The van der Waals surface area contributed by atoms with Crippen molar-refractivity contribution in [3.63, 3.8) is 0 Å². The molecule has 1 aliphatic heterocycles. The maximum absolute atomic E-state index is 13.0. The van der Waals surface area contributed by atoms with Crippen molar-refractivity contribution in [3.8, 4) is 5.75 Å². The van der Waals surface area contributed by atoms with E-state index < -0.39 is 17.7 Å². The highest BCUT2D eigenvalue weighted by atomic mass is 35.5. The van der Waals surface area contributed by atoms with Crippen molar-refractivity contribution >= 4 is 40.7 Å². The zero-order valence-corrected chi connectivity index (χ0v) is 18.9. The van der Waals surface area contributed by atoms with Crippen LogP contribution in [0.4, 0.5) is 0 Å². The SMILES string of the molecule is COc1cccc(C2/C(=C(/O)c3ccc(Cl)c(Cl)c3)C(=O)C(=O)N2CCOC(C)C)c1. The minimum Gasteiger partial charge on any atom is -0.507 e. The molecule has 2 aromatic carbocycles. The molecule has 0 bridgehead atoms. The molecule has 0 saturated carbocycles. The first-order valence-corrected chi connectivity index (χ1v) is 10.5. The molecule has 1 heterocycles. The van der Waals surface area contributed by atoms with Crippen molar-refractivity contribution in [2.45, 2.75) is 26.0 Å². The second-order valence-corrected chi connectivity index (χ2v) is 8.13. The van der Waals surface area contributed by atoms with E-state index in [-0.39, 0.29) is 35.6 Å². The molecule has 164 valence electrons. The molecule has 0 radical (unpaired) electrons. The Morgan fingerprint density at radius 3 is 2.52 bits per heavy atom. The van der Waals surface area contributed by atoms with Crippen LogP contribution < -0.4 is 4.74 Å². The van der Waals surface area contributed by atoms with Crippen molar-refractivity contribution in [1.82, 2.24) is 4.90 Å². The van der Waals surface area contributed by atoms with Crippen LogP contribution in [0.15, 0.2) is 48.0 Å². The van der Waals surface area contributed by atoms with E-state index in [9.17, 15) is 14.7 Å². The predicted molar refractivity (Wildman–Crippen MR) is 120 cm³/mol. The summed E-state index contributed by atoms with van der Waals surface area (Å²) in [5.41, 5.74) is 0.893. The van der Waals surface area contributed by atoms with Crippen molar-refractivity contribution < 1.29 is 24.2 Å². The maximum Gasteiger partial charge on any atom is 0.295 e. The number of nitrogens with zero attached hydrogens (tertiary/aromatic N) is 1. The van der Waals surface area contributed by atoms with Crippen LogP contribution in [0.5, 0.6) is 5.75 Å². The summed E-state index contributed by atoms with van der Waals surface area (Å²) in [5, 5.41) is 11.6. The smallest absolute Gasteiger partial charge is 0.295 e. The quantitative estimate of drug-likeness (QED) is 0.360. The van der Waals surface area contributed by atoms with E-state index >= 15 is 0 Å². The molecule has 6 nitrogen and oxygen atoms in total. The maximum atomic E-state index is 13.0. The van der Waals surface area contributed by atoms with Gasteiger partial charge in [0.1, 0.15) is 11.5 Å². The first-order valence-electron chi connectivity index (χ1n) is 9.74. The van der Waals surface area contributed by atoms with Gasteiger partial charge in [0, 0.05) is 12.1 Å². The lowest BCUT2D eigenvalue weighted by Crippen LogP contribution is -2.33. The summed E-state index contributed by atoms with van der Waals surface area (Å²) in [5.74, 6) is -1.24. The number of aliphatic hydroxyl groups excluding tert-OH is 1. The third kappa shape index (κ3) is 4.87. The van der Waals surface area contributed by atoms with E-state index in [0.717, 1.165) is 0 Å². The topological polar surface area (TPSA) is 76.1 Å². The number of amides is 1. The number of Topliss-reactive ketones (excluding diaryl/α,β-unsaturated/α-hetero) is 1. The Morgan fingerprint density at radius 1 is 1.13 bits per heavy atom. The number of halogens is 2. The number of hydrogen-bond acceptors (Lipinski definition) is 5. The van der Waals surface area contributed by atoms with E-state index in [2.05, 4.69) is 0 Å². The van der Waals surface area contributed by atoms with Gasteiger partial charge in [-0.1, -0.05) is 35.3 Å². The number of carbonyl (C=O) groups excluding carboxylic acids is 2. The highest BCUT2D eigenvalue weighted by Crippen LogP contribution is 2.40. The van der Waals surface area contributed by atoms with Crippen LogP contribution in [0.2, 0.25) is 10.0 Å². The molecule has 1 fully saturated rings. The number of likely N-dealkylation sites (tertiary alicyclic amines) is 1. The van der Waals surface area contributed by atoms with Crippen LogP contribution in [0.3, 0.4) is 0 Å². The Labute approximate surface area is 191 Å². The summed E-state index contributed by atoms with van der Waals surface area (Å²) in [6.45, 7) is 4.20. The summed E-state index contributed by atoms with van der Waals surface area (Å²) in [7, 11) is 1.53. The first-order chi connectivity index (χ1) is 14.7. The van der Waals surface area contributed by atoms with Gasteiger partial charge in [-0.3, -0.25) is 9.59 Å². The number of aliphatic hydroxyl groups is 1. The number of rotatable bonds is 7. The van der Waals surface area contributed by atoms with E-state index in [1.54, 1.807) is 30.3 Å². The van der Waals surface area contributed by atoms with Crippen molar-refractivity contribution in [3.05, 3.63) is 69.2 Å². The van der Waals surface area contributed by atoms with Gasteiger partial charge in [-0.2, -0.15) is 0 Å². The molecular formula is C23H23Cl2NO5. The van der Waals surface area contributed by atoms with Gasteiger partial charge in [0.25, 0.3) is 11.7 Å². The number of benzene rings is 2. The number of carbonyl (C=O) groups is 2. The molecule has 1 atom stereocenters. The molecule has 0 aromatic heterocycles. The van der Waals surface area contributed by atoms with Crippen LogP contribution in [-0.2, 0) is 14.3 Å². The van der Waals surface area contributed by atoms with Crippen LogP contribution in [0.1, 0.15) is 31.0 Å². The monoisotopic (exact) mass is 463 g/mol. The Morgan fingerprint density at radius 2 is 1.87 bits per heavy atom. The summed E-state index contributed by atoms with van der Waals surface area (Å²) < 4.78 is 10.9. The molecule has 8 heteroatoms. The van der Waals surface area contributed by atoms with Gasteiger partial charge in [-0.15, -0.1) is 0 Å². The Balaban J connectivity index is 2.13. The van der Waals surface area contributed by atoms with Crippen LogP contribution in [-0.4, -0.2) is 48.1 Å². The largest absolute Gasteiger partial charge is 0.507 e. The third-order valence-electron chi connectivity index (χ3n) is 4.93. The first kappa shape index (κ1) is 23.1. The van der Waals surface area contributed by atoms with E-state index in [4.69, 9.17) is 32.7 Å². The predicted octanol–water partition coefficient (Wildman–Crippen LogP) is 4.85. The molecule has 0 aliphatic carbocycles. The molecule has 31 heavy (non-hydrogen) atoms. The molecule has 1 aliphatic rings. The van der Waals surface area contributed by atoms with Gasteiger partial charge in [-0.05, 0) is 49.7 Å². The minimum absolute atomic E-state index is 0.0247. The summed E-state index contributed by atoms with van der Waals surface area (Å²) >= 11 is 12.1. The van der Waals surface area contributed by atoms with E-state index in [1.807, 2.05) is 13.8 Å². The fraction of sp³-hybridized carbons (Fsp3) is 0.304. The zero-order chi connectivity index (χ0) is 22.7. The van der Waals surface area contributed by atoms with Crippen molar-refractivity contribution in [2.75, 3.05) is 20.3 Å². The average molecular weight is 464 g/mol. The lowest BCUT2D eigenvalue weighted by atomic mass is 9.95. The fourth-order valence-electron chi connectivity index (χ4n) is 3.45. The molecule has 0 spiro atoms. The molecule has 1 saturated heterocycles. The molecule has 3 rings (SSSR count). The Bertz CT molecular complexity index is 1030. The van der Waals surface area contributed by atoms with Gasteiger partial charge in [-0.25, -0.2) is 0 Å². The highest BCUT2D eigenvalue weighted by molar-refractivity contribution is 6.46. The summed E-state index contributed by atoms with van der Waals surface area (Å²) in [4.78, 5) is 27.3. The normalized spacial score (nSPS) is 18.1. The van der Waals surface area contributed by atoms with E-state index in [1.165, 1.54) is 24.1 Å². The summed E-state index contributed by atoms with van der Waals surface area (Å²) in [6.07, 6.45) is -0.0247. The average Bonchev–Trinajstić information content (AvgIpc) is 3.00. The number of ether oxygens (including phenoxy) is 2. The second-order valence-electron chi connectivity index (χ2n) is 7.32. The van der Waals surface area contributed by atoms with Crippen LogP contribution >= 0.6 is 23.2 Å². The lowest BCUT2D eigenvalue weighted by Gasteiger charge is -2.26. The molecule has 1 amide bonds. The Kier molecular flexibility index (Phi) is 7.26. The number of methoxy groups -OCH3 is 1. The molecule has 2 aromatic rings. The van der Waals surface area contributed by atoms with E-state index in [0.29, 0.717) is 21.9 Å². The second kappa shape index (κ2) is 9.73. The third-order valence-corrected chi connectivity index (χ3v) is 5.66. The van der Waals surface area contributed by atoms with Crippen molar-refractivity contribution in [1.29, 1.82) is 0 Å². The lowest BCUT2D eigenvalue weighted by molar-refractivity contribution is -0.140. The van der Waals surface area contributed by atoms with Crippen LogP contribution in [0, 0.1) is 0 Å². The van der Waals surface area contributed by atoms with Gasteiger partial charge in [0.15, 0.2) is 0 Å². The summed E-state index contributed by atoms with van der Waals surface area (Å²) in [6, 6.07) is 10.7. The van der Waals surface area contributed by atoms with Gasteiger partial charge >= 0.3 is 0 Å². The highest BCUT2D eigenvalue weighted by Gasteiger charge is 2.46. The number of ketones is 1. The van der Waals surface area contributed by atoms with Gasteiger partial charge in [0.2, 0.25) is 0 Å². The van der Waals surface area contributed by atoms with Gasteiger partial charge in [0.05, 0.1) is 41.5 Å².